The number of fused-ring (bicyclic) bond motifs is 1. The molecule has 0 aromatic heterocycles. The Balaban J connectivity index is 1.87. The van der Waals surface area contributed by atoms with Crippen LogP contribution in [-0.4, -0.2) is 50.6 Å². The smallest absolute Gasteiger partial charge is 0.325 e. The van der Waals surface area contributed by atoms with Crippen molar-refractivity contribution in [3.05, 3.63) is 23.8 Å². The maximum absolute atomic E-state index is 12.6. The van der Waals surface area contributed by atoms with E-state index in [1.54, 1.807) is 25.1 Å². The van der Waals surface area contributed by atoms with E-state index in [1.165, 1.54) is 0 Å². The van der Waals surface area contributed by atoms with Crippen LogP contribution in [0.3, 0.4) is 0 Å². The molecule has 0 spiro atoms. The van der Waals surface area contributed by atoms with Gasteiger partial charge >= 0.3 is 6.03 Å². The average molecular weight is 340 g/mol. The number of sulfone groups is 1. The highest BCUT2D eigenvalue weighted by atomic mass is 32.2. The van der Waals surface area contributed by atoms with Gasteiger partial charge in [-0.15, -0.1) is 0 Å². The van der Waals surface area contributed by atoms with Crippen molar-refractivity contribution in [1.82, 2.24) is 10.2 Å². The van der Waals surface area contributed by atoms with E-state index in [0.29, 0.717) is 17.1 Å². The molecule has 1 fully saturated rings. The van der Waals surface area contributed by atoms with E-state index in [0.717, 1.165) is 11.2 Å². The number of benzene rings is 1. The molecule has 8 nitrogen and oxygen atoms in total. The number of urea groups is 1. The molecule has 0 bridgehead atoms. The summed E-state index contributed by atoms with van der Waals surface area (Å²) in [5.41, 5.74) is -0.725. The molecule has 1 aromatic rings. The topological polar surface area (TPSA) is 102 Å². The van der Waals surface area contributed by atoms with Crippen molar-refractivity contribution in [2.75, 3.05) is 25.3 Å². The van der Waals surface area contributed by atoms with Gasteiger partial charge in [0, 0.05) is 12.8 Å². The molecule has 1 N–H and O–H groups in total. The summed E-state index contributed by atoms with van der Waals surface area (Å²) < 4.78 is 33.0. The highest BCUT2D eigenvalue weighted by molar-refractivity contribution is 7.90. The summed E-state index contributed by atoms with van der Waals surface area (Å²) in [4.78, 5) is 25.6. The summed E-state index contributed by atoms with van der Waals surface area (Å²) in [7, 11) is -3.28. The van der Waals surface area contributed by atoms with Gasteiger partial charge in [0.2, 0.25) is 6.79 Å². The first-order chi connectivity index (χ1) is 10.7. The van der Waals surface area contributed by atoms with E-state index in [-0.39, 0.29) is 19.1 Å². The molecule has 0 unspecified atom stereocenters. The monoisotopic (exact) mass is 340 g/mol. The fourth-order valence-corrected chi connectivity index (χ4v) is 3.07. The number of amides is 3. The SMILES string of the molecule is C[C@@]1(c2ccc3c(c2)OCO3)NC(=O)N(CCS(C)(=O)=O)C1=O. The zero-order chi connectivity index (χ0) is 16.8. The summed E-state index contributed by atoms with van der Waals surface area (Å²) in [6, 6.07) is 4.37. The Bertz CT molecular complexity index is 790. The number of nitrogens with zero attached hydrogens (tertiary/aromatic N) is 1. The van der Waals surface area contributed by atoms with E-state index >= 15 is 0 Å². The summed E-state index contributed by atoms with van der Waals surface area (Å²) in [6.07, 6.45) is 1.06. The van der Waals surface area contributed by atoms with Gasteiger partial charge < -0.3 is 14.8 Å². The van der Waals surface area contributed by atoms with Crippen molar-refractivity contribution in [1.29, 1.82) is 0 Å². The van der Waals surface area contributed by atoms with Gasteiger partial charge in [0.1, 0.15) is 15.4 Å². The lowest BCUT2D eigenvalue weighted by atomic mass is 9.91. The van der Waals surface area contributed by atoms with Gasteiger partial charge in [-0.05, 0) is 24.6 Å². The fraction of sp³-hybridized carbons (Fsp3) is 0.429. The number of hydrogen-bond donors (Lipinski definition) is 1. The minimum absolute atomic E-state index is 0.107. The van der Waals surface area contributed by atoms with Crippen LogP contribution in [0.1, 0.15) is 12.5 Å². The minimum atomic E-state index is -3.28. The van der Waals surface area contributed by atoms with Crippen LogP contribution in [0.25, 0.3) is 0 Å². The van der Waals surface area contributed by atoms with Crippen LogP contribution in [-0.2, 0) is 20.2 Å². The van der Waals surface area contributed by atoms with Gasteiger partial charge in [0.25, 0.3) is 5.91 Å². The third kappa shape index (κ3) is 2.72. The number of carbonyl (C=O) groups excluding carboxylic acids is 2. The lowest BCUT2D eigenvalue weighted by Gasteiger charge is -2.22. The Morgan fingerprint density at radius 2 is 1.96 bits per heavy atom. The average Bonchev–Trinajstić information content (AvgIpc) is 3.00. The third-order valence-electron chi connectivity index (χ3n) is 3.91. The Kier molecular flexibility index (Phi) is 3.47. The Labute approximate surface area is 133 Å². The molecule has 2 aliphatic heterocycles. The van der Waals surface area contributed by atoms with Crippen LogP contribution < -0.4 is 14.8 Å². The number of hydrogen-bond acceptors (Lipinski definition) is 6. The number of ether oxygens (including phenoxy) is 2. The summed E-state index contributed by atoms with van der Waals surface area (Å²) in [5, 5.41) is 2.62. The molecule has 1 saturated heterocycles. The minimum Gasteiger partial charge on any atom is -0.454 e. The molecule has 2 heterocycles. The second-order valence-electron chi connectivity index (χ2n) is 5.71. The van der Waals surface area contributed by atoms with Crippen LogP contribution in [0.5, 0.6) is 11.5 Å². The first-order valence-corrected chi connectivity index (χ1v) is 8.99. The second-order valence-corrected chi connectivity index (χ2v) is 7.97. The van der Waals surface area contributed by atoms with Crippen LogP contribution in [0, 0.1) is 0 Å². The molecule has 124 valence electrons. The highest BCUT2D eigenvalue weighted by Gasteiger charge is 2.49. The molecule has 0 saturated carbocycles. The standard InChI is InChI=1S/C14H16N2O6S/c1-14(9-3-4-10-11(7-9)22-8-21-10)12(17)16(13(18)15-14)5-6-23(2,19)20/h3-4,7H,5-6,8H2,1-2H3,(H,15,18)/t14-/m0/s1. The van der Waals surface area contributed by atoms with Crippen LogP contribution >= 0.6 is 0 Å². The zero-order valence-corrected chi connectivity index (χ0v) is 13.5. The highest BCUT2D eigenvalue weighted by Crippen LogP contribution is 2.37. The largest absolute Gasteiger partial charge is 0.454 e. The molecule has 1 aromatic carbocycles. The van der Waals surface area contributed by atoms with E-state index in [9.17, 15) is 18.0 Å². The Hall–Kier alpha value is -2.29. The van der Waals surface area contributed by atoms with Crippen LogP contribution in [0.4, 0.5) is 4.79 Å². The number of nitrogens with one attached hydrogen (secondary N) is 1. The molecule has 9 heteroatoms. The normalized spacial score (nSPS) is 23.3. The number of imide groups is 1. The first kappa shape index (κ1) is 15.6. The van der Waals surface area contributed by atoms with E-state index in [2.05, 4.69) is 5.32 Å². The van der Waals surface area contributed by atoms with Gasteiger partial charge in [-0.25, -0.2) is 13.2 Å². The van der Waals surface area contributed by atoms with Gasteiger partial charge in [-0.1, -0.05) is 6.07 Å². The molecule has 0 radical (unpaired) electrons. The Morgan fingerprint density at radius 1 is 1.26 bits per heavy atom. The van der Waals surface area contributed by atoms with Crippen LogP contribution in [0.15, 0.2) is 18.2 Å². The van der Waals surface area contributed by atoms with E-state index in [1.807, 2.05) is 0 Å². The molecule has 2 aliphatic rings. The lowest BCUT2D eigenvalue weighted by molar-refractivity contribution is -0.130. The summed E-state index contributed by atoms with van der Waals surface area (Å²) in [5.74, 6) is 0.303. The van der Waals surface area contributed by atoms with E-state index < -0.39 is 27.3 Å². The first-order valence-electron chi connectivity index (χ1n) is 6.93. The predicted octanol–water partition coefficient (Wildman–Crippen LogP) is 0.227. The van der Waals surface area contributed by atoms with Crippen molar-refractivity contribution in [3.63, 3.8) is 0 Å². The molecular weight excluding hydrogens is 324 g/mol. The Morgan fingerprint density at radius 3 is 2.65 bits per heavy atom. The maximum Gasteiger partial charge on any atom is 0.325 e. The number of carbonyl (C=O) groups is 2. The van der Waals surface area contributed by atoms with Crippen molar-refractivity contribution in [2.24, 2.45) is 0 Å². The fourth-order valence-electron chi connectivity index (χ4n) is 2.56. The van der Waals surface area contributed by atoms with E-state index in [4.69, 9.17) is 9.47 Å². The van der Waals surface area contributed by atoms with Gasteiger partial charge in [-0.3, -0.25) is 9.69 Å². The van der Waals surface area contributed by atoms with Crippen molar-refractivity contribution < 1.29 is 27.5 Å². The van der Waals surface area contributed by atoms with Crippen LogP contribution in [0.2, 0.25) is 0 Å². The third-order valence-corrected chi connectivity index (χ3v) is 4.83. The van der Waals surface area contributed by atoms with Gasteiger partial charge in [0.15, 0.2) is 11.5 Å². The van der Waals surface area contributed by atoms with Crippen molar-refractivity contribution in [2.45, 2.75) is 12.5 Å². The summed E-state index contributed by atoms with van der Waals surface area (Å²) >= 11 is 0. The number of rotatable bonds is 4. The molecule has 3 rings (SSSR count). The van der Waals surface area contributed by atoms with Gasteiger partial charge in [0.05, 0.1) is 5.75 Å². The molecule has 3 amide bonds. The van der Waals surface area contributed by atoms with Gasteiger partial charge in [-0.2, -0.15) is 0 Å². The van der Waals surface area contributed by atoms with Crippen molar-refractivity contribution in [3.8, 4) is 11.5 Å². The molecule has 23 heavy (non-hydrogen) atoms. The summed E-state index contributed by atoms with van der Waals surface area (Å²) in [6.45, 7) is 1.51. The lowest BCUT2D eigenvalue weighted by Crippen LogP contribution is -2.41. The quantitative estimate of drug-likeness (QED) is 0.787. The zero-order valence-electron chi connectivity index (χ0n) is 12.7. The second kappa shape index (κ2) is 5.12. The predicted molar refractivity (Wildman–Crippen MR) is 79.9 cm³/mol. The van der Waals surface area contributed by atoms with Crippen molar-refractivity contribution >= 4 is 21.8 Å². The molecular formula is C14H16N2O6S. The molecule has 1 atom stereocenters. The maximum atomic E-state index is 12.6. The molecule has 0 aliphatic carbocycles.